The third-order valence-electron chi connectivity index (χ3n) is 8.52. The van der Waals surface area contributed by atoms with E-state index in [4.69, 9.17) is 4.74 Å². The molecular formula is C29H33N3O4. The summed E-state index contributed by atoms with van der Waals surface area (Å²) in [6.45, 7) is 4.31. The number of fused-ring (bicyclic) bond motifs is 2. The van der Waals surface area contributed by atoms with Crippen LogP contribution in [0, 0.1) is 5.92 Å². The summed E-state index contributed by atoms with van der Waals surface area (Å²) in [4.78, 5) is 45.3. The lowest BCUT2D eigenvalue weighted by Gasteiger charge is -2.36. The fraction of sp³-hybridized carbons (Fsp3) is 0.483. The van der Waals surface area contributed by atoms with Gasteiger partial charge in [-0.1, -0.05) is 48.5 Å². The molecule has 7 heteroatoms. The molecule has 2 aromatic carbocycles. The van der Waals surface area contributed by atoms with Crippen LogP contribution in [-0.4, -0.2) is 65.3 Å². The zero-order valence-electron chi connectivity index (χ0n) is 21.0. The van der Waals surface area contributed by atoms with Gasteiger partial charge in [-0.2, -0.15) is 0 Å². The molecule has 1 saturated carbocycles. The Morgan fingerprint density at radius 3 is 2.58 bits per heavy atom. The number of ether oxygens (including phenoxy) is 1. The lowest BCUT2D eigenvalue weighted by molar-refractivity contribution is -0.143. The van der Waals surface area contributed by atoms with Crippen LogP contribution in [0.1, 0.15) is 54.4 Å². The molecule has 0 bridgehead atoms. The maximum atomic E-state index is 13.7. The van der Waals surface area contributed by atoms with Crippen molar-refractivity contribution in [3.8, 4) is 0 Å². The second-order valence-electron chi connectivity index (χ2n) is 11.0. The van der Waals surface area contributed by atoms with E-state index in [1.165, 1.54) is 5.56 Å². The quantitative estimate of drug-likeness (QED) is 0.596. The smallest absolute Gasteiger partial charge is 0.418 e. The number of amides is 3. The lowest BCUT2D eigenvalue weighted by atomic mass is 9.88. The minimum absolute atomic E-state index is 0.0524. The SMILES string of the molecule is CC(C1CC1)N(Cc1ccccc1)C(=O)CN1C(=O)O[C@@]2(CCc3cc(C4CN(C)C4)ccc32)C1=O. The summed E-state index contributed by atoms with van der Waals surface area (Å²) in [5, 5.41) is 0. The summed E-state index contributed by atoms with van der Waals surface area (Å²) < 4.78 is 5.80. The molecule has 2 aliphatic heterocycles. The largest absolute Gasteiger partial charge is 0.427 e. The Balaban J connectivity index is 1.21. The van der Waals surface area contributed by atoms with E-state index < -0.39 is 17.6 Å². The van der Waals surface area contributed by atoms with Crippen molar-refractivity contribution in [3.05, 3.63) is 70.8 Å². The van der Waals surface area contributed by atoms with E-state index in [2.05, 4.69) is 31.0 Å². The molecule has 1 spiro atoms. The van der Waals surface area contributed by atoms with Crippen LogP contribution in [0.3, 0.4) is 0 Å². The average Bonchev–Trinajstić information content (AvgIpc) is 3.61. The molecule has 3 amide bonds. The molecule has 2 aromatic rings. The fourth-order valence-corrected chi connectivity index (χ4v) is 6.14. The number of imide groups is 1. The number of likely N-dealkylation sites (tertiary alicyclic amines) is 1. The van der Waals surface area contributed by atoms with Crippen LogP contribution < -0.4 is 0 Å². The monoisotopic (exact) mass is 487 g/mol. The van der Waals surface area contributed by atoms with Crippen molar-refractivity contribution in [1.29, 1.82) is 0 Å². The Hall–Kier alpha value is -3.19. The Kier molecular flexibility index (Phi) is 5.63. The second kappa shape index (κ2) is 8.73. The van der Waals surface area contributed by atoms with Gasteiger partial charge >= 0.3 is 6.09 Å². The summed E-state index contributed by atoms with van der Waals surface area (Å²) in [6, 6.07) is 16.1. The molecular weight excluding hydrogens is 454 g/mol. The first-order valence-electron chi connectivity index (χ1n) is 13.1. The summed E-state index contributed by atoms with van der Waals surface area (Å²) in [6.07, 6.45) is 2.60. The number of benzene rings is 2. The van der Waals surface area contributed by atoms with E-state index in [0.717, 1.165) is 47.5 Å². The molecule has 0 N–H and O–H groups in total. The highest BCUT2D eigenvalue weighted by Gasteiger charge is 2.58. The molecule has 188 valence electrons. The van der Waals surface area contributed by atoms with Crippen molar-refractivity contribution >= 4 is 17.9 Å². The van der Waals surface area contributed by atoms with E-state index in [1.54, 1.807) is 0 Å². The van der Waals surface area contributed by atoms with Crippen molar-refractivity contribution in [2.75, 3.05) is 26.7 Å². The van der Waals surface area contributed by atoms with E-state index >= 15 is 0 Å². The summed E-state index contributed by atoms with van der Waals surface area (Å²) >= 11 is 0. The van der Waals surface area contributed by atoms with Gasteiger partial charge < -0.3 is 14.5 Å². The normalized spacial score (nSPS) is 24.6. The minimum Gasteiger partial charge on any atom is -0.427 e. The van der Waals surface area contributed by atoms with Gasteiger partial charge in [0.05, 0.1) is 0 Å². The maximum absolute atomic E-state index is 13.7. The van der Waals surface area contributed by atoms with E-state index in [1.807, 2.05) is 41.3 Å². The first-order valence-corrected chi connectivity index (χ1v) is 13.1. The van der Waals surface area contributed by atoms with Crippen LogP contribution in [0.25, 0.3) is 0 Å². The molecule has 2 aliphatic carbocycles. The van der Waals surface area contributed by atoms with Crippen molar-refractivity contribution < 1.29 is 19.1 Å². The maximum Gasteiger partial charge on any atom is 0.418 e. The standard InChI is InChI=1S/C29H33N3O4/c1-19(21-8-9-21)31(15-20-6-4-3-5-7-20)26(33)18-32-27(34)29(36-28(32)35)13-12-23-14-22(10-11-25(23)29)24-16-30(2)17-24/h3-7,10-11,14,19,21,24H,8-9,12-13,15-18H2,1-2H3/t19?,29-/m1/s1. The highest BCUT2D eigenvalue weighted by atomic mass is 16.6. The number of nitrogens with zero attached hydrogens (tertiary/aromatic N) is 3. The van der Waals surface area contributed by atoms with Crippen LogP contribution in [0.5, 0.6) is 0 Å². The number of carbonyl (C=O) groups excluding carboxylic acids is 3. The topological polar surface area (TPSA) is 70.2 Å². The number of hydrogen-bond donors (Lipinski definition) is 0. The molecule has 36 heavy (non-hydrogen) atoms. The highest BCUT2D eigenvalue weighted by Crippen LogP contribution is 2.46. The van der Waals surface area contributed by atoms with Crippen LogP contribution in [0.4, 0.5) is 4.79 Å². The molecule has 0 aromatic heterocycles. The van der Waals surface area contributed by atoms with E-state index in [-0.39, 0.29) is 18.5 Å². The third-order valence-corrected chi connectivity index (χ3v) is 8.52. The van der Waals surface area contributed by atoms with Gasteiger partial charge in [-0.25, -0.2) is 9.69 Å². The Morgan fingerprint density at radius 1 is 1.14 bits per heavy atom. The van der Waals surface area contributed by atoms with Gasteiger partial charge in [0, 0.05) is 43.6 Å². The number of aryl methyl sites for hydroxylation is 1. The Bertz CT molecular complexity index is 1200. The first kappa shape index (κ1) is 23.2. The van der Waals surface area contributed by atoms with Gasteiger partial charge in [-0.05, 0) is 55.8 Å². The number of carbonyl (C=O) groups is 3. The Labute approximate surface area is 212 Å². The summed E-state index contributed by atoms with van der Waals surface area (Å²) in [5.74, 6) is 0.353. The van der Waals surface area contributed by atoms with Gasteiger partial charge in [0.2, 0.25) is 11.5 Å². The van der Waals surface area contributed by atoms with Gasteiger partial charge in [0.25, 0.3) is 5.91 Å². The molecule has 6 rings (SSSR count). The van der Waals surface area contributed by atoms with Crippen molar-refractivity contribution in [3.63, 3.8) is 0 Å². The molecule has 2 atom stereocenters. The predicted octanol–water partition coefficient (Wildman–Crippen LogP) is 3.66. The highest BCUT2D eigenvalue weighted by molar-refractivity contribution is 6.06. The Morgan fingerprint density at radius 2 is 1.89 bits per heavy atom. The van der Waals surface area contributed by atoms with Crippen LogP contribution in [0.15, 0.2) is 48.5 Å². The van der Waals surface area contributed by atoms with Crippen LogP contribution in [0.2, 0.25) is 0 Å². The first-order chi connectivity index (χ1) is 17.4. The number of likely N-dealkylation sites (N-methyl/N-ethyl adjacent to an activating group) is 1. The number of rotatable bonds is 7. The number of hydrogen-bond acceptors (Lipinski definition) is 5. The molecule has 3 fully saturated rings. The van der Waals surface area contributed by atoms with Crippen molar-refractivity contribution in [2.24, 2.45) is 5.92 Å². The van der Waals surface area contributed by atoms with Gasteiger partial charge in [-0.3, -0.25) is 9.59 Å². The third kappa shape index (κ3) is 3.90. The van der Waals surface area contributed by atoms with Crippen molar-refractivity contribution in [2.45, 2.75) is 56.7 Å². The average molecular weight is 488 g/mol. The van der Waals surface area contributed by atoms with Gasteiger partial charge in [-0.15, -0.1) is 0 Å². The van der Waals surface area contributed by atoms with Gasteiger partial charge in [0.1, 0.15) is 6.54 Å². The van der Waals surface area contributed by atoms with Crippen LogP contribution >= 0.6 is 0 Å². The molecule has 4 aliphatic rings. The van der Waals surface area contributed by atoms with Crippen molar-refractivity contribution in [1.82, 2.24) is 14.7 Å². The zero-order chi connectivity index (χ0) is 25.0. The minimum atomic E-state index is -1.30. The second-order valence-corrected chi connectivity index (χ2v) is 11.0. The fourth-order valence-electron chi connectivity index (χ4n) is 6.14. The lowest BCUT2D eigenvalue weighted by Crippen LogP contribution is -2.47. The molecule has 1 unspecified atom stereocenters. The molecule has 2 heterocycles. The van der Waals surface area contributed by atoms with Crippen LogP contribution in [-0.2, 0) is 32.9 Å². The predicted molar refractivity (Wildman–Crippen MR) is 134 cm³/mol. The molecule has 0 radical (unpaired) electrons. The van der Waals surface area contributed by atoms with E-state index in [9.17, 15) is 14.4 Å². The molecule has 7 nitrogen and oxygen atoms in total. The van der Waals surface area contributed by atoms with Gasteiger partial charge in [0.15, 0.2) is 0 Å². The zero-order valence-corrected chi connectivity index (χ0v) is 21.0. The molecule has 2 saturated heterocycles. The summed E-state index contributed by atoms with van der Waals surface area (Å²) in [7, 11) is 2.11. The summed E-state index contributed by atoms with van der Waals surface area (Å²) in [5.41, 5.74) is 2.86. The van der Waals surface area contributed by atoms with E-state index in [0.29, 0.717) is 31.2 Å².